The topological polar surface area (TPSA) is 77.8 Å². The molecule has 2 aromatic carbocycles. The highest BCUT2D eigenvalue weighted by atomic mass is 16.5. The van der Waals surface area contributed by atoms with Crippen molar-refractivity contribution in [3.05, 3.63) is 81.6 Å². The van der Waals surface area contributed by atoms with Gasteiger partial charge in [-0.05, 0) is 43.5 Å². The number of benzene rings is 2. The summed E-state index contributed by atoms with van der Waals surface area (Å²) in [6.45, 7) is 4.23. The van der Waals surface area contributed by atoms with Crippen molar-refractivity contribution in [2.45, 2.75) is 32.9 Å². The van der Waals surface area contributed by atoms with E-state index in [-0.39, 0.29) is 29.4 Å². The molecule has 2 heterocycles. The lowest BCUT2D eigenvalue weighted by Gasteiger charge is -2.29. The maximum Gasteiger partial charge on any atom is 0.343 e. The summed E-state index contributed by atoms with van der Waals surface area (Å²) in [7, 11) is 0. The summed E-state index contributed by atoms with van der Waals surface area (Å²) in [5, 5.41) is 10.5. The molecule has 0 amide bonds. The number of aromatic hydroxyl groups is 1. The van der Waals surface area contributed by atoms with Crippen LogP contribution < -0.4 is 10.2 Å². The normalized spacial score (nSPS) is 14.5. The fourth-order valence-electron chi connectivity index (χ4n) is 3.78. The van der Waals surface area contributed by atoms with Gasteiger partial charge in [0.05, 0.1) is 12.3 Å². The minimum Gasteiger partial charge on any atom is -0.504 e. The smallest absolute Gasteiger partial charge is 0.343 e. The molecule has 6 heteroatoms. The van der Waals surface area contributed by atoms with Gasteiger partial charge in [-0.1, -0.05) is 30.3 Å². The monoisotopic (exact) mass is 405 g/mol. The molecular formula is C24H23NO5. The lowest BCUT2D eigenvalue weighted by atomic mass is 9.92. The van der Waals surface area contributed by atoms with Crippen LogP contribution in [-0.2, 0) is 17.8 Å². The Hall–Kier alpha value is -3.54. The Morgan fingerprint density at radius 2 is 1.97 bits per heavy atom. The molecule has 1 unspecified atom stereocenters. The van der Waals surface area contributed by atoms with E-state index < -0.39 is 5.97 Å². The van der Waals surface area contributed by atoms with E-state index in [9.17, 15) is 14.7 Å². The maximum absolute atomic E-state index is 12.6. The van der Waals surface area contributed by atoms with Gasteiger partial charge in [-0.2, -0.15) is 0 Å². The van der Waals surface area contributed by atoms with Crippen molar-refractivity contribution < 1.29 is 19.4 Å². The molecule has 1 aliphatic rings. The first kappa shape index (κ1) is 19.8. The highest BCUT2D eigenvalue weighted by Gasteiger charge is 2.25. The van der Waals surface area contributed by atoms with E-state index in [1.54, 1.807) is 25.3 Å². The summed E-state index contributed by atoms with van der Waals surface area (Å²) in [4.78, 5) is 24.7. The molecule has 1 atom stereocenters. The molecule has 0 fully saturated rings. The molecule has 0 saturated carbocycles. The van der Waals surface area contributed by atoms with Crippen molar-refractivity contribution in [2.24, 2.45) is 0 Å². The number of ether oxygens (including phenoxy) is 2. The molecular weight excluding hydrogens is 382 g/mol. The lowest BCUT2D eigenvalue weighted by molar-refractivity contribution is 0.0523. The number of carbonyl (C=O) groups excluding carboxylic acids is 1. The Kier molecular flexibility index (Phi) is 5.31. The molecule has 0 radical (unpaired) electrons. The van der Waals surface area contributed by atoms with Gasteiger partial charge < -0.3 is 19.1 Å². The van der Waals surface area contributed by atoms with Crippen LogP contribution in [0.25, 0.3) is 11.3 Å². The Balaban J connectivity index is 1.73. The minimum atomic E-state index is -0.617. The first-order chi connectivity index (χ1) is 14.5. The van der Waals surface area contributed by atoms with E-state index in [0.29, 0.717) is 24.5 Å². The highest BCUT2D eigenvalue weighted by molar-refractivity contribution is 5.89. The van der Waals surface area contributed by atoms with Crippen LogP contribution in [0.4, 0.5) is 0 Å². The zero-order valence-electron chi connectivity index (χ0n) is 16.9. The number of phenolic OH excluding ortho intramolecular Hbond substituents is 1. The van der Waals surface area contributed by atoms with Crippen LogP contribution in [0.1, 0.15) is 41.4 Å². The fraction of sp³-hybridized carbons (Fsp3) is 0.250. The third kappa shape index (κ3) is 3.68. The molecule has 6 nitrogen and oxygen atoms in total. The third-order valence-corrected chi connectivity index (χ3v) is 5.26. The molecule has 0 aliphatic carbocycles. The minimum absolute atomic E-state index is 0.0109. The predicted molar refractivity (Wildman–Crippen MR) is 113 cm³/mol. The zero-order valence-corrected chi connectivity index (χ0v) is 16.9. The molecule has 0 saturated heterocycles. The van der Waals surface area contributed by atoms with Crippen LogP contribution >= 0.6 is 0 Å². The summed E-state index contributed by atoms with van der Waals surface area (Å²) >= 11 is 0. The number of esters is 1. The Morgan fingerprint density at radius 3 is 2.70 bits per heavy atom. The summed E-state index contributed by atoms with van der Waals surface area (Å²) < 4.78 is 12.8. The van der Waals surface area contributed by atoms with E-state index in [0.717, 1.165) is 16.7 Å². The SMILES string of the molecule is CCOC(=O)c1cn2c(cc1=O)-c1cc(OCc3ccccc3)c(O)cc1CC2C. The van der Waals surface area contributed by atoms with Gasteiger partial charge in [-0.3, -0.25) is 4.79 Å². The first-order valence-electron chi connectivity index (χ1n) is 9.94. The van der Waals surface area contributed by atoms with E-state index >= 15 is 0 Å². The molecule has 1 N–H and O–H groups in total. The average Bonchev–Trinajstić information content (AvgIpc) is 2.73. The molecule has 3 aromatic rings. The van der Waals surface area contributed by atoms with Crippen molar-refractivity contribution >= 4 is 5.97 Å². The summed E-state index contributed by atoms with van der Waals surface area (Å²) in [5.41, 5.74) is 3.04. The number of nitrogens with zero attached hydrogens (tertiary/aromatic N) is 1. The summed E-state index contributed by atoms with van der Waals surface area (Å²) in [6.07, 6.45) is 2.22. The number of phenols is 1. The van der Waals surface area contributed by atoms with E-state index in [1.807, 2.05) is 41.8 Å². The van der Waals surface area contributed by atoms with E-state index in [4.69, 9.17) is 9.47 Å². The largest absolute Gasteiger partial charge is 0.504 e. The zero-order chi connectivity index (χ0) is 21.3. The number of fused-ring (bicyclic) bond motifs is 3. The van der Waals surface area contributed by atoms with Crippen molar-refractivity contribution in [1.29, 1.82) is 0 Å². The van der Waals surface area contributed by atoms with Crippen molar-refractivity contribution in [1.82, 2.24) is 4.57 Å². The van der Waals surface area contributed by atoms with Crippen LogP contribution in [0.3, 0.4) is 0 Å². The maximum atomic E-state index is 12.6. The Bertz CT molecular complexity index is 1150. The van der Waals surface area contributed by atoms with Gasteiger partial charge in [0.1, 0.15) is 12.2 Å². The van der Waals surface area contributed by atoms with Gasteiger partial charge in [0.25, 0.3) is 0 Å². The number of hydrogen-bond acceptors (Lipinski definition) is 5. The van der Waals surface area contributed by atoms with Gasteiger partial charge in [0.15, 0.2) is 16.9 Å². The Morgan fingerprint density at radius 1 is 1.20 bits per heavy atom. The lowest BCUT2D eigenvalue weighted by Crippen LogP contribution is -2.25. The quantitative estimate of drug-likeness (QED) is 0.647. The molecule has 30 heavy (non-hydrogen) atoms. The van der Waals surface area contributed by atoms with Crippen LogP contribution in [0.2, 0.25) is 0 Å². The molecule has 1 aromatic heterocycles. The fourth-order valence-corrected chi connectivity index (χ4v) is 3.78. The van der Waals surface area contributed by atoms with Gasteiger partial charge in [0, 0.05) is 23.9 Å². The van der Waals surface area contributed by atoms with Crippen molar-refractivity contribution in [3.8, 4) is 22.8 Å². The van der Waals surface area contributed by atoms with E-state index in [2.05, 4.69) is 0 Å². The van der Waals surface area contributed by atoms with Crippen LogP contribution in [0, 0.1) is 0 Å². The molecule has 154 valence electrons. The van der Waals surface area contributed by atoms with Gasteiger partial charge in [-0.15, -0.1) is 0 Å². The predicted octanol–water partition coefficient (Wildman–Crippen LogP) is 4.09. The second-order valence-electron chi connectivity index (χ2n) is 7.37. The standard InChI is InChI=1S/C24H23NO5/c1-3-29-24(28)19-13-25-15(2)9-17-10-22(27)23(11-18(17)20(25)12-21(19)26)30-14-16-7-5-4-6-8-16/h4-8,10-13,15,27H,3,9,14H2,1-2H3. The Labute approximate surface area is 174 Å². The second kappa shape index (κ2) is 8.06. The molecule has 4 rings (SSSR count). The second-order valence-corrected chi connectivity index (χ2v) is 7.37. The number of hydrogen-bond donors (Lipinski definition) is 1. The van der Waals surface area contributed by atoms with Crippen LogP contribution in [0.5, 0.6) is 11.5 Å². The van der Waals surface area contributed by atoms with Gasteiger partial charge in [0.2, 0.25) is 0 Å². The number of pyridine rings is 1. The van der Waals surface area contributed by atoms with Gasteiger partial charge in [-0.25, -0.2) is 4.79 Å². The number of rotatable bonds is 5. The summed E-state index contributed by atoms with van der Waals surface area (Å²) in [6, 6.07) is 14.6. The van der Waals surface area contributed by atoms with Crippen LogP contribution in [-0.4, -0.2) is 22.2 Å². The molecule has 1 aliphatic heterocycles. The van der Waals surface area contributed by atoms with Crippen LogP contribution in [0.15, 0.2) is 59.5 Å². The highest BCUT2D eigenvalue weighted by Crippen LogP contribution is 2.40. The number of carbonyl (C=O) groups is 1. The van der Waals surface area contributed by atoms with Gasteiger partial charge >= 0.3 is 5.97 Å². The third-order valence-electron chi connectivity index (χ3n) is 5.26. The van der Waals surface area contributed by atoms with Crippen molar-refractivity contribution in [3.63, 3.8) is 0 Å². The first-order valence-corrected chi connectivity index (χ1v) is 9.94. The summed E-state index contributed by atoms with van der Waals surface area (Å²) in [5.74, 6) is -0.204. The average molecular weight is 405 g/mol. The molecule has 0 spiro atoms. The number of aromatic nitrogens is 1. The molecule has 0 bridgehead atoms. The van der Waals surface area contributed by atoms with E-state index in [1.165, 1.54) is 6.07 Å². The van der Waals surface area contributed by atoms with Crippen molar-refractivity contribution in [2.75, 3.05) is 6.61 Å².